The number of hydrogen-bond acceptors (Lipinski definition) is 4. The van der Waals surface area contributed by atoms with Crippen LogP contribution in [0.25, 0.3) is 0 Å². The quantitative estimate of drug-likeness (QED) is 0.605. The van der Waals surface area contributed by atoms with Gasteiger partial charge in [0.05, 0.1) is 0 Å². The van der Waals surface area contributed by atoms with Crippen molar-refractivity contribution in [1.29, 1.82) is 0 Å². The number of aromatic hydroxyl groups is 2. The molecule has 4 N–H and O–H groups in total. The van der Waals surface area contributed by atoms with Crippen LogP contribution in [-0.2, 0) is 13.1 Å². The Labute approximate surface area is 131 Å². The molecule has 0 spiro atoms. The molecule has 2 aromatic rings. The van der Waals surface area contributed by atoms with E-state index < -0.39 is 0 Å². The molecule has 0 aromatic heterocycles. The summed E-state index contributed by atoms with van der Waals surface area (Å²) in [6.07, 6.45) is 0. The maximum Gasteiger partial charge on any atom is 0.120 e. The molecule has 22 heavy (non-hydrogen) atoms. The van der Waals surface area contributed by atoms with E-state index in [1.807, 2.05) is 36.4 Å². The maximum absolute atomic E-state index is 9.69. The molecule has 0 unspecified atom stereocenters. The first-order valence-electron chi connectivity index (χ1n) is 7.62. The summed E-state index contributed by atoms with van der Waals surface area (Å²) in [6.45, 7) is 5.22. The molecule has 118 valence electrons. The molecule has 0 radical (unpaired) electrons. The fourth-order valence-electron chi connectivity index (χ4n) is 2.30. The highest BCUT2D eigenvalue weighted by Crippen LogP contribution is 2.15. The van der Waals surface area contributed by atoms with Gasteiger partial charge in [-0.15, -0.1) is 0 Å². The second kappa shape index (κ2) is 8.41. The Bertz CT molecular complexity index is 535. The van der Waals surface area contributed by atoms with Gasteiger partial charge in [0.25, 0.3) is 0 Å². The lowest BCUT2D eigenvalue weighted by atomic mass is 10.1. The summed E-state index contributed by atoms with van der Waals surface area (Å²) < 4.78 is 0. The lowest BCUT2D eigenvalue weighted by molar-refractivity contribution is 0.443. The van der Waals surface area contributed by atoms with Gasteiger partial charge in [-0.1, -0.05) is 43.3 Å². The number of rotatable bonds is 8. The molecule has 2 aromatic carbocycles. The highest BCUT2D eigenvalue weighted by atomic mass is 16.3. The number of hydrogen-bond donors (Lipinski definition) is 4. The molecule has 0 amide bonds. The molecule has 0 atom stereocenters. The molecule has 0 bridgehead atoms. The molecule has 0 saturated carbocycles. The van der Waals surface area contributed by atoms with Crippen LogP contribution in [-0.4, -0.2) is 23.3 Å². The lowest BCUT2D eigenvalue weighted by Crippen LogP contribution is -2.29. The van der Waals surface area contributed by atoms with E-state index in [0.29, 0.717) is 30.5 Å². The molecule has 0 fully saturated rings. The number of phenolic OH excluding ortho intramolecular Hbond substituents is 2. The Balaban J connectivity index is 1.65. The van der Waals surface area contributed by atoms with Crippen LogP contribution in [0.5, 0.6) is 11.5 Å². The third-order valence-electron chi connectivity index (χ3n) is 3.60. The Morgan fingerprint density at radius 2 is 1.18 bits per heavy atom. The number of nitrogens with one attached hydrogen (secondary N) is 2. The van der Waals surface area contributed by atoms with Crippen molar-refractivity contribution in [2.75, 3.05) is 13.1 Å². The molecule has 0 saturated heterocycles. The highest BCUT2D eigenvalue weighted by Gasteiger charge is 2.04. The van der Waals surface area contributed by atoms with E-state index in [9.17, 15) is 10.2 Å². The Hall–Kier alpha value is -2.04. The standard InChI is InChI=1S/C18H24N2O2/c1-14(10-19-12-15-6-2-4-8-17(15)21)11-20-13-16-7-3-5-9-18(16)22/h2-9,14,19-22H,10-13H2,1H3. The summed E-state index contributed by atoms with van der Waals surface area (Å²) in [7, 11) is 0. The van der Waals surface area contributed by atoms with Gasteiger partial charge in [-0.05, 0) is 31.1 Å². The summed E-state index contributed by atoms with van der Waals surface area (Å²) >= 11 is 0. The van der Waals surface area contributed by atoms with E-state index in [1.54, 1.807) is 12.1 Å². The number of phenols is 2. The minimum absolute atomic E-state index is 0.334. The Morgan fingerprint density at radius 1 is 0.773 bits per heavy atom. The zero-order valence-electron chi connectivity index (χ0n) is 12.9. The van der Waals surface area contributed by atoms with Crippen molar-refractivity contribution < 1.29 is 10.2 Å². The third kappa shape index (κ3) is 5.06. The van der Waals surface area contributed by atoms with Gasteiger partial charge >= 0.3 is 0 Å². The first-order chi connectivity index (χ1) is 10.7. The van der Waals surface area contributed by atoms with E-state index >= 15 is 0 Å². The molecule has 4 nitrogen and oxygen atoms in total. The monoisotopic (exact) mass is 300 g/mol. The van der Waals surface area contributed by atoms with Crippen LogP contribution >= 0.6 is 0 Å². The molecule has 0 aliphatic carbocycles. The van der Waals surface area contributed by atoms with Gasteiger partial charge in [0.2, 0.25) is 0 Å². The second-order valence-corrected chi connectivity index (χ2v) is 5.62. The van der Waals surface area contributed by atoms with Crippen molar-refractivity contribution in [3.8, 4) is 11.5 Å². The van der Waals surface area contributed by atoms with Crippen LogP contribution in [0.1, 0.15) is 18.1 Å². The fourth-order valence-corrected chi connectivity index (χ4v) is 2.30. The highest BCUT2D eigenvalue weighted by molar-refractivity contribution is 5.32. The molecule has 4 heteroatoms. The van der Waals surface area contributed by atoms with E-state index in [-0.39, 0.29) is 0 Å². The minimum Gasteiger partial charge on any atom is -0.508 e. The van der Waals surface area contributed by atoms with Crippen molar-refractivity contribution in [1.82, 2.24) is 10.6 Å². The van der Waals surface area contributed by atoms with Gasteiger partial charge in [-0.3, -0.25) is 0 Å². The van der Waals surface area contributed by atoms with Gasteiger partial charge in [0.1, 0.15) is 11.5 Å². The topological polar surface area (TPSA) is 64.5 Å². The summed E-state index contributed by atoms with van der Waals surface area (Å²) in [6, 6.07) is 14.7. The van der Waals surface area contributed by atoms with Crippen molar-refractivity contribution in [3.63, 3.8) is 0 Å². The van der Waals surface area contributed by atoms with Crippen LogP contribution in [0.3, 0.4) is 0 Å². The third-order valence-corrected chi connectivity index (χ3v) is 3.60. The van der Waals surface area contributed by atoms with Crippen LogP contribution in [0.4, 0.5) is 0 Å². The zero-order chi connectivity index (χ0) is 15.8. The first-order valence-corrected chi connectivity index (χ1v) is 7.62. The SMILES string of the molecule is CC(CNCc1ccccc1O)CNCc1ccccc1O. The van der Waals surface area contributed by atoms with Crippen LogP contribution < -0.4 is 10.6 Å². The fraction of sp³-hybridized carbons (Fsp3) is 0.333. The van der Waals surface area contributed by atoms with Crippen LogP contribution in [0.15, 0.2) is 48.5 Å². The molecule has 0 aliphatic rings. The Morgan fingerprint density at radius 3 is 1.59 bits per heavy atom. The molecule has 0 heterocycles. The number of para-hydroxylation sites is 2. The van der Waals surface area contributed by atoms with E-state index in [1.165, 1.54) is 0 Å². The summed E-state index contributed by atoms with van der Waals surface area (Å²) in [4.78, 5) is 0. The van der Waals surface area contributed by atoms with E-state index in [0.717, 1.165) is 24.2 Å². The largest absolute Gasteiger partial charge is 0.508 e. The summed E-state index contributed by atoms with van der Waals surface area (Å²) in [5, 5.41) is 26.1. The number of benzene rings is 2. The molecule has 0 aliphatic heterocycles. The average Bonchev–Trinajstić information content (AvgIpc) is 2.51. The van der Waals surface area contributed by atoms with E-state index in [2.05, 4.69) is 17.6 Å². The van der Waals surface area contributed by atoms with Crippen molar-refractivity contribution in [3.05, 3.63) is 59.7 Å². The van der Waals surface area contributed by atoms with Crippen LogP contribution in [0, 0.1) is 5.92 Å². The van der Waals surface area contributed by atoms with Crippen LogP contribution in [0.2, 0.25) is 0 Å². The predicted molar refractivity (Wildman–Crippen MR) is 88.8 cm³/mol. The summed E-state index contributed by atoms with van der Waals surface area (Å²) in [5.41, 5.74) is 1.83. The zero-order valence-corrected chi connectivity index (χ0v) is 12.9. The molecular weight excluding hydrogens is 276 g/mol. The maximum atomic E-state index is 9.69. The predicted octanol–water partition coefficient (Wildman–Crippen LogP) is 2.61. The van der Waals surface area contributed by atoms with Crippen molar-refractivity contribution >= 4 is 0 Å². The summed E-state index contributed by atoms with van der Waals surface area (Å²) in [5.74, 6) is 1.12. The van der Waals surface area contributed by atoms with E-state index in [4.69, 9.17) is 0 Å². The average molecular weight is 300 g/mol. The van der Waals surface area contributed by atoms with Gasteiger partial charge in [0, 0.05) is 24.2 Å². The molecule has 2 rings (SSSR count). The Kier molecular flexibility index (Phi) is 6.25. The van der Waals surface area contributed by atoms with Gasteiger partial charge in [-0.2, -0.15) is 0 Å². The molecular formula is C18H24N2O2. The van der Waals surface area contributed by atoms with Gasteiger partial charge in [-0.25, -0.2) is 0 Å². The smallest absolute Gasteiger partial charge is 0.120 e. The second-order valence-electron chi connectivity index (χ2n) is 5.62. The van der Waals surface area contributed by atoms with Crippen molar-refractivity contribution in [2.45, 2.75) is 20.0 Å². The van der Waals surface area contributed by atoms with Gasteiger partial charge in [0.15, 0.2) is 0 Å². The normalized spacial score (nSPS) is 11.0. The lowest BCUT2D eigenvalue weighted by Gasteiger charge is -2.14. The minimum atomic E-state index is 0.334. The van der Waals surface area contributed by atoms with Gasteiger partial charge < -0.3 is 20.8 Å². The van der Waals surface area contributed by atoms with Crippen molar-refractivity contribution in [2.24, 2.45) is 5.92 Å². The first kappa shape index (κ1) is 16.3.